The Balaban J connectivity index is 2.04. The molecule has 1 aromatic heterocycles. The molecule has 1 aliphatic rings. The maximum atomic E-state index is 13.0. The fourth-order valence-corrected chi connectivity index (χ4v) is 3.85. The Morgan fingerprint density at radius 1 is 1.04 bits per heavy atom. The normalized spacial score (nSPS) is 15.5. The van der Waals surface area contributed by atoms with Crippen LogP contribution in [0.3, 0.4) is 0 Å². The summed E-state index contributed by atoms with van der Waals surface area (Å²) in [5.41, 5.74) is 2.58. The number of ketones is 1. The summed E-state index contributed by atoms with van der Waals surface area (Å²) in [6, 6.07) is 0. The van der Waals surface area contributed by atoms with Crippen LogP contribution in [0.25, 0.3) is 0 Å². The van der Waals surface area contributed by atoms with E-state index in [2.05, 4.69) is 9.88 Å². The number of rotatable bonds is 6. The predicted molar refractivity (Wildman–Crippen MR) is 105 cm³/mol. The van der Waals surface area contributed by atoms with Crippen LogP contribution in [0.2, 0.25) is 0 Å². The van der Waals surface area contributed by atoms with Crippen LogP contribution in [0.4, 0.5) is 0 Å². The van der Waals surface area contributed by atoms with E-state index in [1.165, 1.54) is 6.92 Å². The molecule has 0 radical (unpaired) electrons. The van der Waals surface area contributed by atoms with Crippen LogP contribution < -0.4 is 0 Å². The molecule has 0 saturated carbocycles. The molecule has 1 saturated heterocycles. The lowest BCUT2D eigenvalue weighted by atomic mass is 10.1. The van der Waals surface area contributed by atoms with Crippen LogP contribution in [-0.4, -0.2) is 83.1 Å². The predicted octanol–water partition coefficient (Wildman–Crippen LogP) is 1.85. The van der Waals surface area contributed by atoms with Crippen molar-refractivity contribution in [2.75, 3.05) is 45.8 Å². The van der Waals surface area contributed by atoms with Gasteiger partial charge in [-0.1, -0.05) is 0 Å². The molecule has 0 spiro atoms. The first-order valence-corrected chi connectivity index (χ1v) is 9.79. The number of aryl methyl sites for hydroxylation is 1. The molecule has 1 N–H and O–H groups in total. The lowest BCUT2D eigenvalue weighted by Gasteiger charge is -2.25. The van der Waals surface area contributed by atoms with E-state index >= 15 is 0 Å². The zero-order valence-corrected chi connectivity index (χ0v) is 17.2. The van der Waals surface area contributed by atoms with Crippen molar-refractivity contribution in [1.29, 1.82) is 0 Å². The molecular formula is C20H32N4O3. The number of nitrogens with one attached hydrogen (secondary N) is 1. The van der Waals surface area contributed by atoms with Crippen molar-refractivity contribution in [2.45, 2.75) is 41.0 Å². The second-order valence-corrected chi connectivity index (χ2v) is 7.17. The summed E-state index contributed by atoms with van der Waals surface area (Å²) in [5.74, 6) is 0.0407. The van der Waals surface area contributed by atoms with E-state index in [1.54, 1.807) is 0 Å². The molecule has 150 valence electrons. The number of carbonyl (C=O) groups is 3. The maximum absolute atomic E-state index is 13.0. The van der Waals surface area contributed by atoms with Gasteiger partial charge in [-0.05, 0) is 46.6 Å². The molecule has 1 aromatic rings. The summed E-state index contributed by atoms with van der Waals surface area (Å²) in [6.07, 6.45) is 0.829. The Kier molecular flexibility index (Phi) is 7.18. The molecule has 1 fully saturated rings. The summed E-state index contributed by atoms with van der Waals surface area (Å²) in [5, 5.41) is 0. The number of carbonyl (C=O) groups excluding carboxylic acids is 3. The summed E-state index contributed by atoms with van der Waals surface area (Å²) >= 11 is 0. The van der Waals surface area contributed by atoms with Crippen LogP contribution in [-0.2, 0) is 4.79 Å². The Labute approximate surface area is 161 Å². The quantitative estimate of drug-likeness (QED) is 0.769. The lowest BCUT2D eigenvalue weighted by molar-refractivity contribution is -0.132. The van der Waals surface area contributed by atoms with E-state index in [1.807, 2.05) is 37.5 Å². The minimum atomic E-state index is -0.0694. The first-order chi connectivity index (χ1) is 12.8. The Morgan fingerprint density at radius 2 is 1.70 bits per heavy atom. The standard InChI is InChI=1S/C20H32N4O3/c1-6-23(7-2)17(26)13-22-9-8-10-24(12-11-22)20(27)19-14(3)18(16(5)25)15(4)21-19/h21H,6-13H2,1-5H3. The molecule has 7 heteroatoms. The van der Waals surface area contributed by atoms with Gasteiger partial charge >= 0.3 is 0 Å². The van der Waals surface area contributed by atoms with E-state index in [0.717, 1.165) is 37.3 Å². The summed E-state index contributed by atoms with van der Waals surface area (Å²) < 4.78 is 0. The fraction of sp³-hybridized carbons (Fsp3) is 0.650. The monoisotopic (exact) mass is 376 g/mol. The number of Topliss-reactive ketones (excluding diaryl/α,β-unsaturated/α-hetero) is 1. The van der Waals surface area contributed by atoms with Crippen molar-refractivity contribution in [2.24, 2.45) is 0 Å². The lowest BCUT2D eigenvalue weighted by Crippen LogP contribution is -2.42. The van der Waals surface area contributed by atoms with Crippen molar-refractivity contribution in [3.05, 3.63) is 22.5 Å². The molecule has 2 rings (SSSR count). The molecule has 0 aliphatic carbocycles. The van der Waals surface area contributed by atoms with E-state index in [9.17, 15) is 14.4 Å². The van der Waals surface area contributed by atoms with Crippen LogP contribution in [0, 0.1) is 13.8 Å². The second-order valence-electron chi connectivity index (χ2n) is 7.17. The van der Waals surface area contributed by atoms with E-state index in [-0.39, 0.29) is 17.6 Å². The van der Waals surface area contributed by atoms with Gasteiger partial charge in [-0.3, -0.25) is 19.3 Å². The molecule has 7 nitrogen and oxygen atoms in total. The SMILES string of the molecule is CCN(CC)C(=O)CN1CCCN(C(=O)c2[nH]c(C)c(C(C)=O)c2C)CC1. The number of amides is 2. The largest absolute Gasteiger partial charge is 0.354 e. The Morgan fingerprint density at radius 3 is 2.26 bits per heavy atom. The summed E-state index contributed by atoms with van der Waals surface area (Å²) in [4.78, 5) is 46.0. The second kappa shape index (κ2) is 9.17. The highest BCUT2D eigenvalue weighted by atomic mass is 16.2. The summed E-state index contributed by atoms with van der Waals surface area (Å²) in [6.45, 7) is 13.7. The van der Waals surface area contributed by atoms with Crippen molar-refractivity contribution < 1.29 is 14.4 Å². The smallest absolute Gasteiger partial charge is 0.270 e. The molecule has 0 bridgehead atoms. The molecular weight excluding hydrogens is 344 g/mol. The third-order valence-corrected chi connectivity index (χ3v) is 5.35. The van der Waals surface area contributed by atoms with E-state index in [4.69, 9.17) is 0 Å². The number of hydrogen-bond acceptors (Lipinski definition) is 4. The van der Waals surface area contributed by atoms with Gasteiger partial charge in [0.05, 0.1) is 6.54 Å². The van der Waals surface area contributed by atoms with E-state index < -0.39 is 0 Å². The average Bonchev–Trinajstić information content (AvgIpc) is 2.78. The van der Waals surface area contributed by atoms with Crippen LogP contribution in [0.15, 0.2) is 0 Å². The topological polar surface area (TPSA) is 76.7 Å². The molecule has 2 heterocycles. The zero-order chi connectivity index (χ0) is 20.1. The Hall–Kier alpha value is -2.15. The molecule has 0 unspecified atom stereocenters. The first-order valence-electron chi connectivity index (χ1n) is 9.79. The summed E-state index contributed by atoms with van der Waals surface area (Å²) in [7, 11) is 0. The van der Waals surface area contributed by atoms with Crippen LogP contribution in [0.5, 0.6) is 0 Å². The maximum Gasteiger partial charge on any atom is 0.270 e. The first kappa shape index (κ1) is 21.2. The van der Waals surface area contributed by atoms with Crippen LogP contribution >= 0.6 is 0 Å². The number of aromatic amines is 1. The molecule has 1 aliphatic heterocycles. The number of hydrogen-bond donors (Lipinski definition) is 1. The van der Waals surface area contributed by atoms with Gasteiger partial charge in [0.25, 0.3) is 5.91 Å². The molecule has 0 aromatic carbocycles. The van der Waals surface area contributed by atoms with Crippen molar-refractivity contribution in [1.82, 2.24) is 19.7 Å². The number of H-pyrrole nitrogens is 1. The third kappa shape index (κ3) is 4.77. The fourth-order valence-electron chi connectivity index (χ4n) is 3.85. The highest BCUT2D eigenvalue weighted by Gasteiger charge is 2.26. The van der Waals surface area contributed by atoms with Crippen LogP contribution in [0.1, 0.15) is 59.3 Å². The van der Waals surface area contributed by atoms with Crippen molar-refractivity contribution >= 4 is 17.6 Å². The highest BCUT2D eigenvalue weighted by Crippen LogP contribution is 2.20. The number of likely N-dealkylation sites (N-methyl/N-ethyl adjacent to an activating group) is 1. The zero-order valence-electron chi connectivity index (χ0n) is 17.2. The van der Waals surface area contributed by atoms with Gasteiger partial charge in [-0.2, -0.15) is 0 Å². The van der Waals surface area contributed by atoms with Gasteiger partial charge in [-0.15, -0.1) is 0 Å². The van der Waals surface area contributed by atoms with Gasteiger partial charge in [0.1, 0.15) is 5.69 Å². The van der Waals surface area contributed by atoms with Gasteiger partial charge in [0.15, 0.2) is 5.78 Å². The van der Waals surface area contributed by atoms with Gasteiger partial charge in [0.2, 0.25) is 5.91 Å². The van der Waals surface area contributed by atoms with Crippen molar-refractivity contribution in [3.63, 3.8) is 0 Å². The molecule has 0 atom stereocenters. The minimum Gasteiger partial charge on any atom is -0.354 e. The molecule has 2 amide bonds. The Bertz CT molecular complexity index is 706. The van der Waals surface area contributed by atoms with Gasteiger partial charge in [-0.25, -0.2) is 0 Å². The highest BCUT2D eigenvalue weighted by molar-refractivity contribution is 6.02. The van der Waals surface area contributed by atoms with Gasteiger partial charge in [0, 0.05) is 50.5 Å². The number of aromatic nitrogens is 1. The molecule has 27 heavy (non-hydrogen) atoms. The van der Waals surface area contributed by atoms with Gasteiger partial charge < -0.3 is 14.8 Å². The van der Waals surface area contributed by atoms with E-state index in [0.29, 0.717) is 37.4 Å². The number of nitrogens with zero attached hydrogens (tertiary/aromatic N) is 3. The third-order valence-electron chi connectivity index (χ3n) is 5.35. The minimum absolute atomic E-state index is 0.0303. The van der Waals surface area contributed by atoms with Crippen molar-refractivity contribution in [3.8, 4) is 0 Å². The average molecular weight is 377 g/mol.